The molecule has 0 saturated heterocycles. The van der Waals surface area contributed by atoms with Crippen molar-refractivity contribution in [3.05, 3.63) is 0 Å². The summed E-state index contributed by atoms with van der Waals surface area (Å²) >= 11 is 0. The third-order valence-corrected chi connectivity index (χ3v) is 1.69. The Kier molecular flexibility index (Phi) is 3.34. The molecular weight excluding hydrogens is 259 g/mol. The predicted octanol–water partition coefficient (Wildman–Crippen LogP) is 1.33. The van der Waals surface area contributed by atoms with Crippen LogP contribution in [0.2, 0.25) is 0 Å². The highest BCUT2D eigenvalue weighted by Gasteiger charge is 2.74. The van der Waals surface area contributed by atoms with Gasteiger partial charge in [-0.15, -0.1) is 4.72 Å². The van der Waals surface area contributed by atoms with Crippen molar-refractivity contribution in [2.24, 2.45) is 0 Å². The van der Waals surface area contributed by atoms with Crippen molar-refractivity contribution in [1.82, 2.24) is 4.72 Å². The van der Waals surface area contributed by atoms with Crippen LogP contribution in [0.3, 0.4) is 0 Å². The van der Waals surface area contributed by atoms with Crippen molar-refractivity contribution in [3.8, 4) is 0 Å². The van der Waals surface area contributed by atoms with Gasteiger partial charge in [0.25, 0.3) is 0 Å². The van der Waals surface area contributed by atoms with Gasteiger partial charge in [0.1, 0.15) is 0 Å². The van der Waals surface area contributed by atoms with E-state index in [0.29, 0.717) is 0 Å². The predicted molar refractivity (Wildman–Crippen MR) is 33.9 cm³/mol. The molecule has 3 nitrogen and oxygen atoms in total. The van der Waals surface area contributed by atoms with Crippen molar-refractivity contribution in [3.63, 3.8) is 0 Å². The first-order valence-electron chi connectivity index (χ1n) is 3.02. The summed E-state index contributed by atoms with van der Waals surface area (Å²) in [6, 6.07) is -5.93. The highest BCUT2D eigenvalue weighted by Crippen LogP contribution is 2.45. The molecule has 0 aliphatic carbocycles. The number of nitrogens with one attached hydrogen (secondary N) is 1. The molecule has 1 N–H and O–H groups in total. The van der Waals surface area contributed by atoms with Gasteiger partial charge in [-0.3, -0.25) is 0 Å². The van der Waals surface area contributed by atoms with Crippen molar-refractivity contribution in [2.75, 3.05) is 6.26 Å². The molecule has 92 valence electrons. The van der Waals surface area contributed by atoms with Crippen LogP contribution in [-0.4, -0.2) is 32.8 Å². The van der Waals surface area contributed by atoms with Crippen LogP contribution in [0.1, 0.15) is 0 Å². The van der Waals surface area contributed by atoms with Gasteiger partial charge in [0, 0.05) is 0 Å². The Bertz CT molecular complexity index is 331. The summed E-state index contributed by atoms with van der Waals surface area (Å²) in [6.07, 6.45) is -6.54. The summed E-state index contributed by atoms with van der Waals surface area (Å²) in [5.74, 6) is -6.48. The van der Waals surface area contributed by atoms with E-state index in [-0.39, 0.29) is 11.0 Å². The molecule has 0 rings (SSSR count). The van der Waals surface area contributed by atoms with Crippen LogP contribution in [-0.2, 0) is 10.0 Å². The van der Waals surface area contributed by atoms with Crippen LogP contribution < -0.4 is 4.72 Å². The zero-order chi connectivity index (χ0) is 12.7. The number of rotatable bonds is 3. The Labute approximate surface area is 79.3 Å². The second-order valence-electron chi connectivity index (χ2n) is 2.52. The lowest BCUT2D eigenvalue weighted by Crippen LogP contribution is -2.60. The smallest absolute Gasteiger partial charge is 0.213 e. The molecule has 0 aromatic rings. The van der Waals surface area contributed by atoms with E-state index in [1.54, 1.807) is 0 Å². The molecule has 11 heteroatoms. The summed E-state index contributed by atoms with van der Waals surface area (Å²) in [7, 11) is -4.91. The molecular formula is C4H4F7NO2S. The van der Waals surface area contributed by atoms with Crippen LogP contribution >= 0.6 is 0 Å². The average Bonchev–Trinajstić information content (AvgIpc) is 1.77. The van der Waals surface area contributed by atoms with Gasteiger partial charge in [-0.05, 0) is 0 Å². The minimum atomic E-state index is -6.56. The second-order valence-corrected chi connectivity index (χ2v) is 4.27. The maximum absolute atomic E-state index is 12.2. The number of halogens is 7. The molecule has 0 aliphatic heterocycles. The minimum Gasteiger partial charge on any atom is -0.213 e. The molecule has 0 atom stereocenters. The molecule has 0 bridgehead atoms. The maximum Gasteiger partial charge on any atom is 0.461 e. The van der Waals surface area contributed by atoms with Gasteiger partial charge >= 0.3 is 18.1 Å². The molecule has 0 spiro atoms. The first kappa shape index (κ1) is 14.4. The molecule has 0 saturated carbocycles. The van der Waals surface area contributed by atoms with Gasteiger partial charge in [-0.1, -0.05) is 0 Å². The Morgan fingerprint density at radius 2 is 1.27 bits per heavy atom. The maximum atomic E-state index is 12.2. The SMILES string of the molecule is CS(=O)(=O)NC(F)(F)C(F)(F)C(F)(F)F. The normalized spacial score (nSPS) is 15.5. The third-order valence-electron chi connectivity index (χ3n) is 1.06. The van der Waals surface area contributed by atoms with Crippen LogP contribution in [0.4, 0.5) is 30.7 Å². The molecule has 0 unspecified atom stereocenters. The zero-order valence-corrected chi connectivity index (χ0v) is 7.69. The zero-order valence-electron chi connectivity index (χ0n) is 6.87. The lowest BCUT2D eigenvalue weighted by atomic mass is 10.3. The van der Waals surface area contributed by atoms with Crippen molar-refractivity contribution >= 4 is 10.0 Å². The number of hydrogen-bond acceptors (Lipinski definition) is 2. The molecule has 0 aliphatic rings. The van der Waals surface area contributed by atoms with E-state index in [9.17, 15) is 39.2 Å². The fraction of sp³-hybridized carbons (Fsp3) is 1.00. The lowest BCUT2D eigenvalue weighted by Gasteiger charge is -2.27. The second kappa shape index (κ2) is 3.47. The summed E-state index contributed by atoms with van der Waals surface area (Å²) in [4.78, 5) is 0. The molecule has 0 fully saturated rings. The van der Waals surface area contributed by atoms with Gasteiger partial charge < -0.3 is 0 Å². The van der Waals surface area contributed by atoms with E-state index in [1.807, 2.05) is 0 Å². The monoisotopic (exact) mass is 263 g/mol. The van der Waals surface area contributed by atoms with Crippen molar-refractivity contribution in [2.45, 2.75) is 18.1 Å². The number of sulfonamides is 1. The molecule has 0 radical (unpaired) electrons. The fourth-order valence-corrected chi connectivity index (χ4v) is 1.07. The number of hydrogen-bond donors (Lipinski definition) is 1. The molecule has 0 aromatic heterocycles. The van der Waals surface area contributed by atoms with Crippen molar-refractivity contribution in [1.29, 1.82) is 0 Å². The standard InChI is InChI=1S/C4H4F7NO2S/c1-15(13,14)12-4(10,11)2(5,6)3(7,8)9/h12H,1H3. The van der Waals surface area contributed by atoms with Gasteiger partial charge in [0.2, 0.25) is 10.0 Å². The highest BCUT2D eigenvalue weighted by molar-refractivity contribution is 7.88. The summed E-state index contributed by atoms with van der Waals surface area (Å²) in [6.45, 7) is 0. The Morgan fingerprint density at radius 3 is 1.47 bits per heavy atom. The van der Waals surface area contributed by atoms with E-state index in [2.05, 4.69) is 0 Å². The molecule has 0 heterocycles. The number of alkyl halides is 7. The largest absolute Gasteiger partial charge is 0.461 e. The van der Waals surface area contributed by atoms with Crippen LogP contribution in [0.15, 0.2) is 0 Å². The van der Waals surface area contributed by atoms with Gasteiger partial charge in [0.05, 0.1) is 6.26 Å². The minimum absolute atomic E-state index is 0.0212. The molecule has 0 amide bonds. The first-order chi connectivity index (χ1) is 6.21. The quantitative estimate of drug-likeness (QED) is 0.616. The Morgan fingerprint density at radius 1 is 0.933 bits per heavy atom. The van der Waals surface area contributed by atoms with Gasteiger partial charge in [-0.25, -0.2) is 8.42 Å². The van der Waals surface area contributed by atoms with Gasteiger partial charge in [-0.2, -0.15) is 30.7 Å². The lowest BCUT2D eigenvalue weighted by molar-refractivity contribution is -0.357. The fourth-order valence-electron chi connectivity index (χ4n) is 0.475. The molecule has 0 aromatic carbocycles. The summed E-state index contributed by atoms with van der Waals surface area (Å²) in [5.41, 5.74) is 0. The van der Waals surface area contributed by atoms with Crippen LogP contribution in [0, 0.1) is 0 Å². The van der Waals surface area contributed by atoms with Crippen molar-refractivity contribution < 1.29 is 39.2 Å². The topological polar surface area (TPSA) is 46.2 Å². The van der Waals surface area contributed by atoms with Crippen LogP contribution in [0.5, 0.6) is 0 Å². The Balaban J connectivity index is 5.21. The molecule has 15 heavy (non-hydrogen) atoms. The summed E-state index contributed by atoms with van der Waals surface area (Å²) in [5, 5.41) is 0. The first-order valence-corrected chi connectivity index (χ1v) is 4.91. The third kappa shape index (κ3) is 3.19. The average molecular weight is 263 g/mol. The van der Waals surface area contributed by atoms with E-state index in [1.165, 1.54) is 0 Å². The Hall–Kier alpha value is -0.580. The van der Waals surface area contributed by atoms with E-state index in [0.717, 1.165) is 0 Å². The van der Waals surface area contributed by atoms with E-state index in [4.69, 9.17) is 0 Å². The van der Waals surface area contributed by atoms with Gasteiger partial charge in [0.15, 0.2) is 0 Å². The highest BCUT2D eigenvalue weighted by atomic mass is 32.2. The van der Waals surface area contributed by atoms with E-state index < -0.39 is 28.2 Å². The van der Waals surface area contributed by atoms with E-state index >= 15 is 0 Å². The summed E-state index contributed by atoms with van der Waals surface area (Å²) < 4.78 is 103. The van der Waals surface area contributed by atoms with Crippen LogP contribution in [0.25, 0.3) is 0 Å².